The third-order valence-electron chi connectivity index (χ3n) is 6.31. The number of phenolic OH excluding ortho intramolecular Hbond substituents is 2. The highest BCUT2D eigenvalue weighted by molar-refractivity contribution is 7.81. The summed E-state index contributed by atoms with van der Waals surface area (Å²) in [7, 11) is -4.79. The zero-order chi connectivity index (χ0) is 27.5. The zero-order valence-corrected chi connectivity index (χ0v) is 20.9. The van der Waals surface area contributed by atoms with Gasteiger partial charge in [-0.25, -0.2) is 0 Å². The third-order valence-corrected chi connectivity index (χ3v) is 6.70. The minimum Gasteiger partial charge on any atom is -0.504 e. The molecule has 204 valence electrons. The van der Waals surface area contributed by atoms with Gasteiger partial charge in [-0.05, 0) is 60.1 Å². The van der Waals surface area contributed by atoms with E-state index in [4.69, 9.17) is 14.0 Å². The summed E-state index contributed by atoms with van der Waals surface area (Å²) in [5.41, 5.74) is 1.44. The first-order valence-corrected chi connectivity index (χ1v) is 12.8. The molecule has 1 aliphatic rings. The number of phenols is 2. The fraction of sp³-hybridized carbons (Fsp3) is 0.458. The highest BCUT2D eigenvalue weighted by Crippen LogP contribution is 2.33. The fourth-order valence-corrected chi connectivity index (χ4v) is 4.37. The van der Waals surface area contributed by atoms with Gasteiger partial charge in [0, 0.05) is 0 Å². The van der Waals surface area contributed by atoms with Crippen molar-refractivity contribution in [1.29, 1.82) is 0 Å². The van der Waals surface area contributed by atoms with Crippen molar-refractivity contribution in [2.45, 2.75) is 57.4 Å². The molecule has 1 aliphatic heterocycles. The molecule has 0 bridgehead atoms. The van der Waals surface area contributed by atoms with Crippen LogP contribution in [0.4, 0.5) is 0 Å². The van der Waals surface area contributed by atoms with Crippen LogP contribution >= 0.6 is 0 Å². The third kappa shape index (κ3) is 7.31. The van der Waals surface area contributed by atoms with Gasteiger partial charge in [0.05, 0.1) is 0 Å². The number of rotatable bonds is 10. The maximum Gasteiger partial charge on any atom is 0.446 e. The average Bonchev–Trinajstić information content (AvgIpc) is 2.82. The Labute approximate surface area is 213 Å². The van der Waals surface area contributed by atoms with Crippen molar-refractivity contribution in [2.75, 3.05) is 0 Å². The van der Waals surface area contributed by atoms with Crippen LogP contribution in [0, 0.1) is 11.8 Å². The molecule has 2 aromatic carbocycles. The summed E-state index contributed by atoms with van der Waals surface area (Å²) in [6.07, 6.45) is -6.53. The minimum atomic E-state index is -4.79. The van der Waals surface area contributed by atoms with Crippen molar-refractivity contribution < 1.29 is 57.0 Å². The number of ether oxygens (including phenoxy) is 2. The van der Waals surface area contributed by atoms with Gasteiger partial charge in [0.25, 0.3) is 0 Å². The summed E-state index contributed by atoms with van der Waals surface area (Å²) in [6.45, 7) is 3.96. The van der Waals surface area contributed by atoms with E-state index in [9.17, 15) is 38.7 Å². The van der Waals surface area contributed by atoms with Crippen LogP contribution in [0.2, 0.25) is 0 Å². The van der Waals surface area contributed by atoms with Gasteiger partial charge in [0.15, 0.2) is 29.3 Å². The lowest BCUT2D eigenvalue weighted by molar-refractivity contribution is -0.263. The number of hydrogen-bond acceptors (Lipinski definition) is 11. The van der Waals surface area contributed by atoms with E-state index < -0.39 is 46.9 Å². The van der Waals surface area contributed by atoms with Crippen LogP contribution in [-0.2, 0) is 32.8 Å². The second-order valence-corrected chi connectivity index (χ2v) is 10.2. The Kier molecular flexibility index (Phi) is 9.00. The number of aliphatic hydroxyl groups excluding tert-OH is 3. The maximum atomic E-state index is 11.1. The van der Waals surface area contributed by atoms with Gasteiger partial charge in [-0.15, -0.1) is 0 Å². The molecule has 7 atom stereocenters. The summed E-state index contributed by atoms with van der Waals surface area (Å²) in [4.78, 5) is 11.1. The second kappa shape index (κ2) is 11.6. The molecule has 0 spiro atoms. The molecule has 0 aliphatic carbocycles. The first-order chi connectivity index (χ1) is 17.3. The lowest BCUT2D eigenvalue weighted by Crippen LogP contribution is -2.59. The highest BCUT2D eigenvalue weighted by Gasteiger charge is 2.45. The number of hydrogen-bond donors (Lipinski definition) is 6. The summed E-state index contributed by atoms with van der Waals surface area (Å²) in [5, 5.41) is 49.9. The summed E-state index contributed by atoms with van der Waals surface area (Å²) < 4.78 is 45.8. The van der Waals surface area contributed by atoms with Gasteiger partial charge in [0.1, 0.15) is 24.4 Å². The molecule has 0 aromatic heterocycles. The number of carbonyl (C=O) groups excluding carboxylic acids is 1. The number of aliphatic hydroxyl groups is 3. The Morgan fingerprint density at radius 1 is 0.892 bits per heavy atom. The second-order valence-electron chi connectivity index (χ2n) is 9.17. The molecule has 3 rings (SSSR count). The lowest BCUT2D eigenvalue weighted by atomic mass is 9.85. The zero-order valence-electron chi connectivity index (χ0n) is 20.0. The molecule has 0 amide bonds. The molecule has 1 heterocycles. The van der Waals surface area contributed by atoms with Crippen LogP contribution in [-0.4, -0.2) is 75.5 Å². The van der Waals surface area contributed by atoms with E-state index in [0.717, 1.165) is 5.56 Å². The fourth-order valence-electron chi connectivity index (χ4n) is 4.01. The van der Waals surface area contributed by atoms with Gasteiger partial charge >= 0.3 is 10.4 Å². The predicted octanol–water partition coefficient (Wildman–Crippen LogP) is 0.722. The van der Waals surface area contributed by atoms with Crippen LogP contribution in [0.5, 0.6) is 23.0 Å². The molecule has 1 saturated heterocycles. The maximum absolute atomic E-state index is 11.1. The quantitative estimate of drug-likeness (QED) is 0.182. The monoisotopic (exact) mass is 542 g/mol. The topological polar surface area (TPSA) is 200 Å². The molecule has 13 heteroatoms. The Morgan fingerprint density at radius 3 is 2.05 bits per heavy atom. The van der Waals surface area contributed by atoms with E-state index in [1.54, 1.807) is 12.1 Å². The van der Waals surface area contributed by atoms with Gasteiger partial charge in [-0.2, -0.15) is 8.42 Å². The molecule has 6 N–H and O–H groups in total. The normalized spacial score (nSPS) is 25.7. The Balaban J connectivity index is 1.63. The average molecular weight is 543 g/mol. The summed E-state index contributed by atoms with van der Waals surface area (Å²) in [5.74, 6) is -0.981. The van der Waals surface area contributed by atoms with Crippen molar-refractivity contribution in [1.82, 2.24) is 0 Å². The van der Waals surface area contributed by atoms with E-state index in [1.165, 1.54) is 24.3 Å². The Morgan fingerprint density at radius 2 is 1.49 bits per heavy atom. The van der Waals surface area contributed by atoms with Crippen LogP contribution < -0.4 is 8.92 Å². The van der Waals surface area contributed by atoms with Crippen LogP contribution in [0.25, 0.3) is 0 Å². The number of aromatic hydroxyl groups is 2. The molecule has 1 fully saturated rings. The van der Waals surface area contributed by atoms with Crippen molar-refractivity contribution in [2.24, 2.45) is 11.8 Å². The number of carbonyl (C=O) groups is 1. The smallest absolute Gasteiger partial charge is 0.446 e. The molecule has 0 radical (unpaired) electrons. The van der Waals surface area contributed by atoms with Crippen molar-refractivity contribution in [3.05, 3.63) is 47.5 Å². The van der Waals surface area contributed by atoms with Gasteiger partial charge in [-0.3, -0.25) is 4.55 Å². The highest BCUT2D eigenvalue weighted by atomic mass is 32.3. The van der Waals surface area contributed by atoms with E-state index >= 15 is 0 Å². The molecule has 2 unspecified atom stereocenters. The molecular weight excluding hydrogens is 512 g/mol. The van der Waals surface area contributed by atoms with Crippen LogP contribution in [0.15, 0.2) is 36.4 Å². The first-order valence-electron chi connectivity index (χ1n) is 11.4. The number of aldehydes is 1. The molecule has 0 saturated carbocycles. The molecule has 2 aromatic rings. The van der Waals surface area contributed by atoms with E-state index in [0.29, 0.717) is 18.4 Å². The van der Waals surface area contributed by atoms with E-state index in [1.807, 2.05) is 13.8 Å². The van der Waals surface area contributed by atoms with Crippen LogP contribution in [0.1, 0.15) is 25.0 Å². The largest absolute Gasteiger partial charge is 0.504 e. The van der Waals surface area contributed by atoms with Crippen molar-refractivity contribution in [3.63, 3.8) is 0 Å². The predicted molar refractivity (Wildman–Crippen MR) is 127 cm³/mol. The Hall–Kier alpha value is -2.94. The summed E-state index contributed by atoms with van der Waals surface area (Å²) >= 11 is 0. The molecule has 12 nitrogen and oxygen atoms in total. The number of benzene rings is 2. The first kappa shape index (κ1) is 28.6. The van der Waals surface area contributed by atoms with Crippen molar-refractivity contribution >= 4 is 16.7 Å². The van der Waals surface area contributed by atoms with Crippen LogP contribution in [0.3, 0.4) is 0 Å². The molecular formula is C24H30O12S. The van der Waals surface area contributed by atoms with E-state index in [2.05, 4.69) is 4.18 Å². The SMILES string of the molecule is CC(Cc1ccc(O[C@@H]2O[C@H](C=O)[C@@H](O)[C@H](O)[C@H]2O)c(O)c1)C(C)Cc1ccc(O)c(OS(=O)(=O)O)c1. The minimum absolute atomic E-state index is 0.0581. The standard InChI is InChI=1S/C24H30O12S/c1-12(13(2)8-15-3-5-16(26)19(10-15)36-37(31,32)33)7-14-4-6-18(17(27)9-14)34-24-23(30)22(29)21(28)20(11-25)35-24/h3-6,9-13,20-24,26-30H,7-8H2,1-2H3,(H,31,32,33)/t12?,13?,20-,21-,22+,23-,24-/m1/s1. The Bertz CT molecular complexity index is 1200. The van der Waals surface area contributed by atoms with Crippen molar-refractivity contribution in [3.8, 4) is 23.0 Å². The summed E-state index contributed by atoms with van der Waals surface area (Å²) in [6, 6.07) is 8.82. The van der Waals surface area contributed by atoms with Gasteiger partial charge in [0.2, 0.25) is 6.29 Å². The lowest BCUT2D eigenvalue weighted by Gasteiger charge is -2.38. The van der Waals surface area contributed by atoms with E-state index in [-0.39, 0.29) is 35.4 Å². The van der Waals surface area contributed by atoms with Gasteiger partial charge in [-0.1, -0.05) is 26.0 Å². The van der Waals surface area contributed by atoms with Gasteiger partial charge < -0.3 is 44.0 Å². The molecule has 37 heavy (non-hydrogen) atoms.